The Morgan fingerprint density at radius 2 is 1.55 bits per heavy atom. The Balaban J connectivity index is 2.22. The predicted molar refractivity (Wildman–Crippen MR) is 82.3 cm³/mol. The molecule has 0 aromatic carbocycles. The maximum absolute atomic E-state index is 6.33. The van der Waals surface area contributed by atoms with Crippen LogP contribution in [0, 0.1) is 5.92 Å². The summed E-state index contributed by atoms with van der Waals surface area (Å²) in [4.78, 5) is 0. The Labute approximate surface area is 125 Å². The van der Waals surface area contributed by atoms with Crippen molar-refractivity contribution < 1.29 is 13.3 Å². The quantitative estimate of drug-likeness (QED) is 0.746. The van der Waals surface area contributed by atoms with Crippen LogP contribution >= 0.6 is 0 Å². The highest BCUT2D eigenvalue weighted by atomic mass is 28.4. The third-order valence-electron chi connectivity index (χ3n) is 4.55. The fourth-order valence-corrected chi connectivity index (χ4v) is 6.68. The minimum absolute atomic E-state index is 0.250. The Kier molecular flexibility index (Phi) is 5.29. The van der Waals surface area contributed by atoms with Gasteiger partial charge < -0.3 is 13.3 Å². The summed E-state index contributed by atoms with van der Waals surface area (Å²) in [7, 11) is 0.735. The van der Waals surface area contributed by atoms with Gasteiger partial charge in [0.25, 0.3) is 0 Å². The second-order valence-corrected chi connectivity index (χ2v) is 9.74. The molecule has 5 heteroatoms. The van der Waals surface area contributed by atoms with E-state index in [1.807, 2.05) is 0 Å². The lowest BCUT2D eigenvalue weighted by atomic mass is 9.79. The van der Waals surface area contributed by atoms with Gasteiger partial charge in [0.15, 0.2) is 0 Å². The van der Waals surface area contributed by atoms with E-state index in [-0.39, 0.29) is 5.60 Å². The molecule has 20 heavy (non-hydrogen) atoms. The molecule has 1 saturated carbocycles. The summed E-state index contributed by atoms with van der Waals surface area (Å²) in [5.41, 5.74) is -0.250. The lowest BCUT2D eigenvalue weighted by Gasteiger charge is -2.50. The first-order chi connectivity index (χ1) is 9.42. The number of nitrogens with zero attached hydrogens (tertiary/aromatic N) is 1. The molecule has 2 aliphatic rings. The Hall–Kier alpha value is 0.0569. The SMILES string of the molecule is CO[Si](OC)(OC(C)(C)C)N1CCCC2CCCCC21. The molecule has 0 bridgehead atoms. The van der Waals surface area contributed by atoms with Gasteiger partial charge in [-0.2, -0.15) is 0 Å². The zero-order valence-electron chi connectivity index (χ0n) is 13.8. The van der Waals surface area contributed by atoms with Gasteiger partial charge in [-0.25, -0.2) is 0 Å². The summed E-state index contributed by atoms with van der Waals surface area (Å²) in [6.07, 6.45) is 7.91. The molecule has 1 heterocycles. The van der Waals surface area contributed by atoms with E-state index < -0.39 is 8.97 Å². The normalized spacial score (nSPS) is 29.2. The Morgan fingerprint density at radius 3 is 2.15 bits per heavy atom. The number of hydrogen-bond donors (Lipinski definition) is 0. The molecule has 0 spiro atoms. The first-order valence-corrected chi connectivity index (χ1v) is 9.66. The third-order valence-corrected chi connectivity index (χ3v) is 7.71. The smallest absolute Gasteiger partial charge is 0.364 e. The van der Waals surface area contributed by atoms with Crippen molar-refractivity contribution in [3.05, 3.63) is 0 Å². The summed E-state index contributed by atoms with van der Waals surface area (Å²) >= 11 is 0. The van der Waals surface area contributed by atoms with Crippen molar-refractivity contribution in [2.24, 2.45) is 5.92 Å². The van der Waals surface area contributed by atoms with Crippen molar-refractivity contribution in [3.8, 4) is 0 Å². The van der Waals surface area contributed by atoms with Crippen molar-refractivity contribution in [1.29, 1.82) is 0 Å². The summed E-state index contributed by atoms with van der Waals surface area (Å²) in [5.74, 6) is 0.804. The molecule has 2 rings (SSSR count). The minimum Gasteiger partial charge on any atom is -0.364 e. The van der Waals surface area contributed by atoms with E-state index in [0.717, 1.165) is 12.5 Å². The largest absolute Gasteiger partial charge is 0.599 e. The molecule has 0 radical (unpaired) electrons. The van der Waals surface area contributed by atoms with Gasteiger partial charge in [0.2, 0.25) is 0 Å². The lowest BCUT2D eigenvalue weighted by molar-refractivity contribution is -0.0506. The maximum atomic E-state index is 6.33. The first kappa shape index (κ1) is 16.4. The molecule has 4 nitrogen and oxygen atoms in total. The van der Waals surface area contributed by atoms with Gasteiger partial charge >= 0.3 is 8.97 Å². The van der Waals surface area contributed by atoms with Crippen LogP contribution in [0.4, 0.5) is 0 Å². The van der Waals surface area contributed by atoms with Crippen molar-refractivity contribution in [2.45, 2.75) is 70.9 Å². The zero-order chi connectivity index (χ0) is 14.8. The highest BCUT2D eigenvalue weighted by Gasteiger charge is 2.55. The van der Waals surface area contributed by atoms with E-state index >= 15 is 0 Å². The van der Waals surface area contributed by atoms with Gasteiger partial charge in [0.1, 0.15) is 0 Å². The van der Waals surface area contributed by atoms with Gasteiger partial charge in [0, 0.05) is 20.3 Å². The summed E-state index contributed by atoms with van der Waals surface area (Å²) in [5, 5.41) is 0. The molecular weight excluding hydrogens is 270 g/mol. The van der Waals surface area contributed by atoms with E-state index in [1.165, 1.54) is 38.5 Å². The summed E-state index contributed by atoms with van der Waals surface area (Å²) in [6, 6.07) is 0.589. The number of hydrogen-bond acceptors (Lipinski definition) is 4. The fourth-order valence-electron chi connectivity index (χ4n) is 3.81. The molecule has 0 aromatic rings. The highest BCUT2D eigenvalue weighted by molar-refractivity contribution is 6.57. The summed E-state index contributed by atoms with van der Waals surface area (Å²) < 4.78 is 20.5. The lowest BCUT2D eigenvalue weighted by Crippen LogP contribution is -2.68. The van der Waals surface area contributed by atoms with E-state index in [4.69, 9.17) is 13.3 Å². The van der Waals surface area contributed by atoms with Crippen LogP contribution in [0.2, 0.25) is 0 Å². The van der Waals surface area contributed by atoms with Gasteiger partial charge in [0.05, 0.1) is 5.60 Å². The molecule has 1 saturated heterocycles. The molecule has 0 amide bonds. The third kappa shape index (κ3) is 3.44. The molecular formula is C15H31NO3Si. The van der Waals surface area contributed by atoms with Crippen LogP contribution in [-0.4, -0.2) is 45.9 Å². The minimum atomic E-state index is -2.75. The average molecular weight is 302 g/mol. The molecule has 0 N–H and O–H groups in total. The standard InChI is InChI=1S/C15H31NO3Si/c1-15(2,3)19-20(17-4,18-5)16-12-8-10-13-9-6-7-11-14(13)16/h13-14H,6-12H2,1-5H3. The van der Waals surface area contributed by atoms with E-state index in [0.29, 0.717) is 6.04 Å². The van der Waals surface area contributed by atoms with Gasteiger partial charge in [-0.15, -0.1) is 0 Å². The maximum Gasteiger partial charge on any atom is 0.599 e. The van der Waals surface area contributed by atoms with Crippen molar-refractivity contribution >= 4 is 8.97 Å². The highest BCUT2D eigenvalue weighted by Crippen LogP contribution is 2.39. The van der Waals surface area contributed by atoms with Crippen LogP contribution < -0.4 is 0 Å². The second-order valence-electron chi connectivity index (χ2n) is 7.09. The van der Waals surface area contributed by atoms with Gasteiger partial charge in [-0.05, 0) is 58.9 Å². The van der Waals surface area contributed by atoms with E-state index in [1.54, 1.807) is 14.2 Å². The molecule has 118 valence electrons. The number of rotatable bonds is 4. The first-order valence-electron chi connectivity index (χ1n) is 7.99. The van der Waals surface area contributed by atoms with Crippen LogP contribution in [0.5, 0.6) is 0 Å². The second kappa shape index (κ2) is 6.44. The van der Waals surface area contributed by atoms with Crippen LogP contribution in [0.3, 0.4) is 0 Å². The average Bonchev–Trinajstić information content (AvgIpc) is 2.43. The van der Waals surface area contributed by atoms with Crippen LogP contribution in [0.1, 0.15) is 59.3 Å². The topological polar surface area (TPSA) is 30.9 Å². The molecule has 2 unspecified atom stereocenters. The van der Waals surface area contributed by atoms with E-state index in [9.17, 15) is 0 Å². The van der Waals surface area contributed by atoms with Crippen LogP contribution in [0.15, 0.2) is 0 Å². The van der Waals surface area contributed by atoms with Crippen LogP contribution in [0.25, 0.3) is 0 Å². The van der Waals surface area contributed by atoms with Gasteiger partial charge in [-0.3, -0.25) is 4.57 Å². The monoisotopic (exact) mass is 301 g/mol. The molecule has 0 aromatic heterocycles. The van der Waals surface area contributed by atoms with Crippen LogP contribution in [-0.2, 0) is 13.3 Å². The zero-order valence-corrected chi connectivity index (χ0v) is 14.8. The predicted octanol–water partition coefficient (Wildman–Crippen LogP) is 3.18. The molecule has 2 fully saturated rings. The summed E-state index contributed by atoms with van der Waals surface area (Å²) in [6.45, 7) is 7.28. The van der Waals surface area contributed by atoms with Gasteiger partial charge in [-0.1, -0.05) is 12.8 Å². The number of piperidine rings is 1. The Bertz CT molecular complexity index is 313. The molecule has 2 atom stereocenters. The molecule has 1 aliphatic heterocycles. The van der Waals surface area contributed by atoms with Crippen molar-refractivity contribution in [1.82, 2.24) is 4.57 Å². The molecule has 1 aliphatic carbocycles. The number of fused-ring (bicyclic) bond motifs is 1. The van der Waals surface area contributed by atoms with Crippen molar-refractivity contribution in [3.63, 3.8) is 0 Å². The fraction of sp³-hybridized carbons (Fsp3) is 1.00. The van der Waals surface area contributed by atoms with Crippen molar-refractivity contribution in [2.75, 3.05) is 20.8 Å². The van der Waals surface area contributed by atoms with E-state index in [2.05, 4.69) is 25.3 Å². The Morgan fingerprint density at radius 1 is 0.950 bits per heavy atom.